The van der Waals surface area contributed by atoms with Gasteiger partial charge in [-0.1, -0.05) is 49.4 Å². The highest BCUT2D eigenvalue weighted by Gasteiger charge is 2.29. The number of ketones is 1. The number of carbonyl (C=O) groups excluding carboxylic acids is 1. The number of benzene rings is 1. The van der Waals surface area contributed by atoms with Crippen molar-refractivity contribution < 1.29 is 4.79 Å². The fourth-order valence-corrected chi connectivity index (χ4v) is 1.81. The van der Waals surface area contributed by atoms with Crippen molar-refractivity contribution in [2.75, 3.05) is 0 Å². The van der Waals surface area contributed by atoms with Crippen LogP contribution >= 0.6 is 0 Å². The van der Waals surface area contributed by atoms with Crippen molar-refractivity contribution in [1.82, 2.24) is 0 Å². The highest BCUT2D eigenvalue weighted by molar-refractivity contribution is 6.05. The summed E-state index contributed by atoms with van der Waals surface area (Å²) in [5, 5.41) is 0. The van der Waals surface area contributed by atoms with Gasteiger partial charge in [0.1, 0.15) is 0 Å². The second-order valence-electron chi connectivity index (χ2n) is 4.43. The predicted octanol–water partition coefficient (Wildman–Crippen LogP) is 3.63. The van der Waals surface area contributed by atoms with Crippen molar-refractivity contribution in [3.05, 3.63) is 54.1 Å². The summed E-state index contributed by atoms with van der Waals surface area (Å²) < 4.78 is 0. The maximum Gasteiger partial charge on any atom is 0.165 e. The lowest BCUT2D eigenvalue weighted by atomic mass is 9.78. The van der Waals surface area contributed by atoms with Crippen molar-refractivity contribution in [2.45, 2.75) is 20.3 Å². The number of allylic oxidation sites excluding steroid dienone is 4. The van der Waals surface area contributed by atoms with Gasteiger partial charge in [0.25, 0.3) is 0 Å². The van der Waals surface area contributed by atoms with E-state index in [1.54, 1.807) is 6.08 Å². The first kappa shape index (κ1) is 10.9. The summed E-state index contributed by atoms with van der Waals surface area (Å²) in [4.78, 5) is 12.0. The number of carbonyl (C=O) groups is 1. The van der Waals surface area contributed by atoms with Crippen molar-refractivity contribution in [1.29, 1.82) is 0 Å². The van der Waals surface area contributed by atoms with E-state index < -0.39 is 0 Å². The molecule has 0 saturated heterocycles. The summed E-state index contributed by atoms with van der Waals surface area (Å²) in [5.74, 6) is 0.205. The van der Waals surface area contributed by atoms with Crippen molar-refractivity contribution in [3.63, 3.8) is 0 Å². The minimum Gasteiger partial charge on any atom is -0.294 e. The van der Waals surface area contributed by atoms with Crippen LogP contribution in [0.3, 0.4) is 0 Å². The highest BCUT2D eigenvalue weighted by atomic mass is 16.1. The lowest BCUT2D eigenvalue weighted by molar-refractivity contribution is -0.121. The molecule has 82 valence electrons. The van der Waals surface area contributed by atoms with Gasteiger partial charge in [-0.25, -0.2) is 0 Å². The minimum atomic E-state index is -0.307. The van der Waals surface area contributed by atoms with Crippen LogP contribution in [0.15, 0.2) is 48.6 Å². The zero-order chi connectivity index (χ0) is 11.6. The molecule has 0 radical (unpaired) electrons. The van der Waals surface area contributed by atoms with E-state index in [2.05, 4.69) is 6.08 Å². The number of hydrogen-bond acceptors (Lipinski definition) is 1. The molecule has 1 nitrogen and oxygen atoms in total. The van der Waals surface area contributed by atoms with Crippen molar-refractivity contribution in [2.24, 2.45) is 5.41 Å². The van der Waals surface area contributed by atoms with Gasteiger partial charge in [-0.2, -0.15) is 0 Å². The fraction of sp³-hybridized carbons (Fsp3) is 0.267. The van der Waals surface area contributed by atoms with Gasteiger partial charge < -0.3 is 0 Å². The van der Waals surface area contributed by atoms with E-state index in [0.29, 0.717) is 0 Å². The molecule has 1 unspecified atom stereocenters. The van der Waals surface area contributed by atoms with E-state index >= 15 is 0 Å². The van der Waals surface area contributed by atoms with E-state index in [0.717, 1.165) is 17.6 Å². The maximum absolute atomic E-state index is 12.0. The standard InChI is InChI=1S/C15H16O/c1-3-15(2)10-9-13(11-14(15)16)12-7-5-4-6-8-12/h4-11H,3H2,1-2H3. The van der Waals surface area contributed by atoms with Gasteiger partial charge >= 0.3 is 0 Å². The topological polar surface area (TPSA) is 17.1 Å². The molecule has 1 aliphatic carbocycles. The molecule has 16 heavy (non-hydrogen) atoms. The third kappa shape index (κ3) is 1.85. The smallest absolute Gasteiger partial charge is 0.165 e. The number of rotatable bonds is 2. The summed E-state index contributed by atoms with van der Waals surface area (Å²) in [6, 6.07) is 10.0. The molecule has 1 atom stereocenters. The molecule has 2 rings (SSSR count). The second kappa shape index (κ2) is 4.09. The molecule has 0 aliphatic heterocycles. The van der Waals surface area contributed by atoms with E-state index in [1.165, 1.54) is 0 Å². The first-order valence-electron chi connectivity index (χ1n) is 5.66. The molecular formula is C15H16O. The Bertz CT molecular complexity index is 454. The Morgan fingerprint density at radius 2 is 1.88 bits per heavy atom. The quantitative estimate of drug-likeness (QED) is 0.731. The van der Waals surface area contributed by atoms with Crippen molar-refractivity contribution >= 4 is 11.4 Å². The minimum absolute atomic E-state index is 0.205. The monoisotopic (exact) mass is 212 g/mol. The normalized spacial score (nSPS) is 24.4. The van der Waals surface area contributed by atoms with Crippen LogP contribution in [0.2, 0.25) is 0 Å². The molecule has 0 amide bonds. The van der Waals surface area contributed by atoms with E-state index in [4.69, 9.17) is 0 Å². The Morgan fingerprint density at radius 3 is 2.44 bits per heavy atom. The molecule has 0 saturated carbocycles. The Morgan fingerprint density at radius 1 is 1.19 bits per heavy atom. The van der Waals surface area contributed by atoms with Crippen LogP contribution in [0.4, 0.5) is 0 Å². The predicted molar refractivity (Wildman–Crippen MR) is 67.0 cm³/mol. The van der Waals surface area contributed by atoms with Gasteiger partial charge in [0.2, 0.25) is 0 Å². The molecule has 0 aromatic heterocycles. The third-order valence-electron chi connectivity index (χ3n) is 3.32. The lowest BCUT2D eigenvalue weighted by Gasteiger charge is -2.24. The summed E-state index contributed by atoms with van der Waals surface area (Å²) >= 11 is 0. The Kier molecular flexibility index (Phi) is 2.78. The zero-order valence-electron chi connectivity index (χ0n) is 9.73. The zero-order valence-corrected chi connectivity index (χ0v) is 9.73. The third-order valence-corrected chi connectivity index (χ3v) is 3.32. The average Bonchev–Trinajstić information content (AvgIpc) is 2.34. The molecule has 0 heterocycles. The molecule has 1 aromatic carbocycles. The average molecular weight is 212 g/mol. The van der Waals surface area contributed by atoms with Crippen LogP contribution in [-0.4, -0.2) is 5.78 Å². The summed E-state index contributed by atoms with van der Waals surface area (Å²) in [7, 11) is 0. The first-order chi connectivity index (χ1) is 7.65. The molecule has 0 bridgehead atoms. The van der Waals surface area contributed by atoms with Gasteiger partial charge in [0.05, 0.1) is 0 Å². The molecule has 1 aromatic rings. The molecule has 0 fully saturated rings. The summed E-state index contributed by atoms with van der Waals surface area (Å²) in [6.07, 6.45) is 6.69. The van der Waals surface area contributed by atoms with Crippen LogP contribution in [0.25, 0.3) is 5.57 Å². The van der Waals surface area contributed by atoms with Gasteiger partial charge in [0, 0.05) is 5.41 Å². The number of hydrogen-bond donors (Lipinski definition) is 0. The van der Waals surface area contributed by atoms with E-state index in [-0.39, 0.29) is 11.2 Å². The molecule has 1 heteroatoms. The molecule has 0 N–H and O–H groups in total. The Labute approximate surface area is 96.5 Å². The van der Waals surface area contributed by atoms with E-state index in [9.17, 15) is 4.79 Å². The SMILES string of the molecule is CCC1(C)C=CC(c2ccccc2)=CC1=O. The van der Waals surface area contributed by atoms with Crippen LogP contribution in [0.1, 0.15) is 25.8 Å². The maximum atomic E-state index is 12.0. The van der Waals surface area contributed by atoms with Crippen molar-refractivity contribution in [3.8, 4) is 0 Å². The largest absolute Gasteiger partial charge is 0.294 e. The Balaban J connectivity index is 2.33. The Hall–Kier alpha value is -1.63. The first-order valence-corrected chi connectivity index (χ1v) is 5.66. The fourth-order valence-electron chi connectivity index (χ4n) is 1.81. The summed E-state index contributed by atoms with van der Waals surface area (Å²) in [5.41, 5.74) is 1.81. The van der Waals surface area contributed by atoms with Gasteiger partial charge in [-0.05, 0) is 30.6 Å². The second-order valence-corrected chi connectivity index (χ2v) is 4.43. The molecule has 1 aliphatic rings. The van der Waals surface area contributed by atoms with Crippen LogP contribution < -0.4 is 0 Å². The molecular weight excluding hydrogens is 196 g/mol. The van der Waals surface area contributed by atoms with E-state index in [1.807, 2.05) is 50.3 Å². The summed E-state index contributed by atoms with van der Waals surface area (Å²) in [6.45, 7) is 4.04. The lowest BCUT2D eigenvalue weighted by Crippen LogP contribution is -2.25. The van der Waals surface area contributed by atoms with Gasteiger partial charge in [-0.15, -0.1) is 0 Å². The van der Waals surface area contributed by atoms with Crippen LogP contribution in [-0.2, 0) is 4.79 Å². The van der Waals surface area contributed by atoms with Gasteiger partial charge in [0.15, 0.2) is 5.78 Å². The van der Waals surface area contributed by atoms with Gasteiger partial charge in [-0.3, -0.25) is 4.79 Å². The van der Waals surface area contributed by atoms with Crippen LogP contribution in [0, 0.1) is 5.41 Å². The molecule has 0 spiro atoms. The van der Waals surface area contributed by atoms with Crippen LogP contribution in [0.5, 0.6) is 0 Å². The highest BCUT2D eigenvalue weighted by Crippen LogP contribution is 2.32.